The van der Waals surface area contributed by atoms with Crippen LogP contribution in [0.2, 0.25) is 5.02 Å². The quantitative estimate of drug-likeness (QED) is 0.424. The molecule has 2 heterocycles. The molecule has 1 aliphatic rings. The van der Waals surface area contributed by atoms with Gasteiger partial charge in [-0.25, -0.2) is 0 Å². The van der Waals surface area contributed by atoms with Crippen molar-refractivity contribution in [1.29, 1.82) is 0 Å². The Morgan fingerprint density at radius 3 is 2.54 bits per heavy atom. The lowest BCUT2D eigenvalue weighted by Gasteiger charge is -2.33. The number of anilines is 1. The molecule has 1 N–H and O–H groups in total. The van der Waals surface area contributed by atoms with Crippen molar-refractivity contribution in [2.45, 2.75) is 12.5 Å². The van der Waals surface area contributed by atoms with Crippen molar-refractivity contribution in [2.75, 3.05) is 18.0 Å². The van der Waals surface area contributed by atoms with Crippen LogP contribution in [0, 0.1) is 0 Å². The Bertz CT molecular complexity index is 1340. The van der Waals surface area contributed by atoms with E-state index < -0.39 is 6.10 Å². The van der Waals surface area contributed by atoms with Gasteiger partial charge in [0.1, 0.15) is 5.75 Å². The number of aromatic nitrogens is 1. The maximum absolute atomic E-state index is 13.4. The molecule has 0 saturated heterocycles. The van der Waals surface area contributed by atoms with Gasteiger partial charge in [0.2, 0.25) is 0 Å². The average Bonchev–Trinajstić information content (AvgIpc) is 3.39. The van der Waals surface area contributed by atoms with Crippen LogP contribution >= 0.6 is 11.6 Å². The highest BCUT2D eigenvalue weighted by Gasteiger charge is 2.35. The van der Waals surface area contributed by atoms with Gasteiger partial charge in [0.05, 0.1) is 12.2 Å². The molecule has 1 aromatic heterocycles. The number of carbonyl (C=O) groups is 2. The van der Waals surface area contributed by atoms with Crippen LogP contribution in [-0.4, -0.2) is 36.2 Å². The van der Waals surface area contributed by atoms with Crippen molar-refractivity contribution in [3.63, 3.8) is 0 Å². The number of nitrogens with zero attached hydrogens (tertiary/aromatic N) is 2. The molecule has 0 spiro atoms. The van der Waals surface area contributed by atoms with Crippen LogP contribution < -0.4 is 15.0 Å². The van der Waals surface area contributed by atoms with E-state index in [1.54, 1.807) is 48.5 Å². The predicted molar refractivity (Wildman–Crippen MR) is 133 cm³/mol. The van der Waals surface area contributed by atoms with Gasteiger partial charge in [-0.15, -0.1) is 0 Å². The van der Waals surface area contributed by atoms with Crippen molar-refractivity contribution in [1.82, 2.24) is 10.5 Å². The molecular weight excluding hydrogens is 466 g/mol. The maximum Gasteiger partial charge on any atom is 0.280 e. The lowest BCUT2D eigenvalue weighted by atomic mass is 10.1. The number of hydrogen-bond donors (Lipinski definition) is 1. The van der Waals surface area contributed by atoms with Crippen molar-refractivity contribution in [3.8, 4) is 17.1 Å². The summed E-state index contributed by atoms with van der Waals surface area (Å²) in [5.74, 6) is 0.237. The molecule has 176 valence electrons. The Morgan fingerprint density at radius 1 is 1.00 bits per heavy atom. The molecule has 0 fully saturated rings. The number of rotatable bonds is 6. The Hall–Kier alpha value is -4.10. The van der Waals surface area contributed by atoms with Crippen LogP contribution in [0.4, 0.5) is 5.69 Å². The summed E-state index contributed by atoms with van der Waals surface area (Å²) in [7, 11) is 0. The smallest absolute Gasteiger partial charge is 0.280 e. The Morgan fingerprint density at radius 2 is 1.74 bits per heavy atom. The number of halogens is 1. The average molecular weight is 488 g/mol. The topological polar surface area (TPSA) is 84.7 Å². The number of ether oxygens (including phenoxy) is 1. The summed E-state index contributed by atoms with van der Waals surface area (Å²) in [5, 5.41) is 7.49. The first kappa shape index (κ1) is 22.7. The minimum absolute atomic E-state index is 0.0517. The van der Waals surface area contributed by atoms with Crippen LogP contribution in [0.15, 0.2) is 89.5 Å². The molecule has 0 saturated carbocycles. The number of amides is 2. The normalized spacial score (nSPS) is 14.7. The molecule has 4 aromatic rings. The minimum atomic E-state index is -0.854. The minimum Gasteiger partial charge on any atom is -0.477 e. The molecule has 1 aliphatic heterocycles. The molecule has 0 radical (unpaired) electrons. The van der Waals surface area contributed by atoms with Gasteiger partial charge >= 0.3 is 0 Å². The fourth-order valence-electron chi connectivity index (χ4n) is 3.92. The molecule has 8 heteroatoms. The largest absolute Gasteiger partial charge is 0.477 e. The van der Waals surface area contributed by atoms with Crippen molar-refractivity contribution in [3.05, 3.63) is 101 Å². The second-order valence-corrected chi connectivity index (χ2v) is 8.54. The number of nitrogens with one attached hydrogen (secondary N) is 1. The highest BCUT2D eigenvalue weighted by Crippen LogP contribution is 2.34. The maximum atomic E-state index is 13.4. The molecule has 1 atom stereocenters. The summed E-state index contributed by atoms with van der Waals surface area (Å²) in [6.07, 6.45) is -0.155. The standard InChI is InChI=1S/C27H22ClN3O4/c28-20-12-10-19(11-13-20)24-16-21(30-35-24)27(33)31-17-25(34-23-9-5-4-8-22(23)31)26(32)29-15-14-18-6-2-1-3-7-18/h1-13,16,25H,14-15,17H2,(H,29,32). The van der Waals surface area contributed by atoms with Gasteiger partial charge in [-0.05, 0) is 48.4 Å². The Labute approximate surface area is 207 Å². The summed E-state index contributed by atoms with van der Waals surface area (Å²) in [5.41, 5.74) is 2.58. The van der Waals surface area contributed by atoms with E-state index in [9.17, 15) is 9.59 Å². The summed E-state index contributed by atoms with van der Waals surface area (Å²) >= 11 is 5.95. The van der Waals surface area contributed by atoms with Crippen LogP contribution in [-0.2, 0) is 11.2 Å². The van der Waals surface area contributed by atoms with E-state index in [0.29, 0.717) is 35.2 Å². The third-order valence-corrected chi connectivity index (χ3v) is 5.98. The molecule has 2 amide bonds. The molecule has 1 unspecified atom stereocenters. The fourth-order valence-corrected chi connectivity index (χ4v) is 4.04. The second-order valence-electron chi connectivity index (χ2n) is 8.10. The third kappa shape index (κ3) is 5.05. The summed E-state index contributed by atoms with van der Waals surface area (Å²) < 4.78 is 11.3. The third-order valence-electron chi connectivity index (χ3n) is 5.73. The molecule has 3 aromatic carbocycles. The van der Waals surface area contributed by atoms with E-state index >= 15 is 0 Å². The van der Waals surface area contributed by atoms with Crippen molar-refractivity contribution in [2.24, 2.45) is 0 Å². The summed E-state index contributed by atoms with van der Waals surface area (Å²) in [6.45, 7) is 0.516. The number of benzene rings is 3. The predicted octanol–water partition coefficient (Wildman–Crippen LogP) is 4.76. The van der Waals surface area contributed by atoms with E-state index in [-0.39, 0.29) is 24.1 Å². The lowest BCUT2D eigenvalue weighted by molar-refractivity contribution is -0.127. The van der Waals surface area contributed by atoms with Crippen molar-refractivity contribution >= 4 is 29.1 Å². The SMILES string of the molecule is O=C(NCCc1ccccc1)C1CN(C(=O)c2cc(-c3ccc(Cl)cc3)on2)c2ccccc2O1. The number of para-hydroxylation sites is 2. The zero-order valence-electron chi connectivity index (χ0n) is 18.7. The summed E-state index contributed by atoms with van der Waals surface area (Å²) in [4.78, 5) is 27.8. The van der Waals surface area contributed by atoms with Crippen LogP contribution in [0.25, 0.3) is 11.3 Å². The monoisotopic (exact) mass is 487 g/mol. The summed E-state index contributed by atoms with van der Waals surface area (Å²) in [6, 6.07) is 25.6. The van der Waals surface area contributed by atoms with Crippen LogP contribution in [0.5, 0.6) is 5.75 Å². The van der Waals surface area contributed by atoms with Gasteiger partial charge in [0.15, 0.2) is 17.6 Å². The van der Waals surface area contributed by atoms with Crippen molar-refractivity contribution < 1.29 is 18.8 Å². The van der Waals surface area contributed by atoms with Gasteiger partial charge in [-0.1, -0.05) is 59.2 Å². The van der Waals surface area contributed by atoms with E-state index in [1.165, 1.54) is 4.90 Å². The molecule has 0 aliphatic carbocycles. The zero-order chi connectivity index (χ0) is 24.2. The van der Waals surface area contributed by atoms with E-state index in [0.717, 1.165) is 11.1 Å². The first-order chi connectivity index (χ1) is 17.1. The molecule has 7 nitrogen and oxygen atoms in total. The number of fused-ring (bicyclic) bond motifs is 1. The molecular formula is C27H22ClN3O4. The van der Waals surface area contributed by atoms with Gasteiger partial charge in [0.25, 0.3) is 11.8 Å². The van der Waals surface area contributed by atoms with E-state index in [1.807, 2.05) is 36.4 Å². The fraction of sp³-hybridized carbons (Fsp3) is 0.148. The van der Waals surface area contributed by atoms with Gasteiger partial charge in [-0.3, -0.25) is 14.5 Å². The van der Waals surface area contributed by atoms with E-state index in [2.05, 4.69) is 10.5 Å². The Balaban J connectivity index is 1.32. The molecule has 0 bridgehead atoms. The highest BCUT2D eigenvalue weighted by molar-refractivity contribution is 6.30. The first-order valence-electron chi connectivity index (χ1n) is 11.2. The number of hydrogen-bond acceptors (Lipinski definition) is 5. The van der Waals surface area contributed by atoms with Gasteiger partial charge < -0.3 is 14.6 Å². The lowest BCUT2D eigenvalue weighted by Crippen LogP contribution is -2.51. The first-order valence-corrected chi connectivity index (χ1v) is 11.6. The zero-order valence-corrected chi connectivity index (χ0v) is 19.4. The van der Waals surface area contributed by atoms with Gasteiger partial charge in [-0.2, -0.15) is 0 Å². The van der Waals surface area contributed by atoms with Crippen LogP contribution in [0.3, 0.4) is 0 Å². The molecule has 35 heavy (non-hydrogen) atoms. The van der Waals surface area contributed by atoms with Crippen LogP contribution in [0.1, 0.15) is 16.1 Å². The molecule has 5 rings (SSSR count). The highest BCUT2D eigenvalue weighted by atomic mass is 35.5. The van der Waals surface area contributed by atoms with E-state index in [4.69, 9.17) is 20.9 Å². The second kappa shape index (κ2) is 10.0. The van der Waals surface area contributed by atoms with Gasteiger partial charge in [0, 0.05) is 23.2 Å². The number of carbonyl (C=O) groups excluding carboxylic acids is 2. The Kier molecular flexibility index (Phi) is 6.50.